The van der Waals surface area contributed by atoms with E-state index in [9.17, 15) is 18.7 Å². The van der Waals surface area contributed by atoms with Crippen molar-refractivity contribution in [2.24, 2.45) is 0 Å². The molecule has 4 nitrogen and oxygen atoms in total. The summed E-state index contributed by atoms with van der Waals surface area (Å²) >= 11 is 0. The van der Waals surface area contributed by atoms with Crippen molar-refractivity contribution in [2.45, 2.75) is 18.9 Å². The minimum atomic E-state index is -3.17. The number of carbonyl (C=O) groups is 1. The van der Waals surface area contributed by atoms with Crippen LogP contribution < -0.4 is 5.32 Å². The smallest absolute Gasteiger partial charge is 0.408 e. The first-order valence-electron chi connectivity index (χ1n) is 5.01. The van der Waals surface area contributed by atoms with E-state index in [2.05, 4.69) is 10.1 Å². The Bertz CT molecular complexity index is 468. The molecule has 2 rings (SSSR count). The Balaban J connectivity index is 0.00000162. The predicted octanol–water partition coefficient (Wildman–Crippen LogP) is 2.54. The summed E-state index contributed by atoms with van der Waals surface area (Å²) in [6.45, 7) is 0.654. The average Bonchev–Trinajstić information content (AvgIpc) is 2.26. The molecule has 1 aromatic carbocycles. The van der Waals surface area contributed by atoms with Crippen LogP contribution in [-0.2, 0) is 4.74 Å². The van der Waals surface area contributed by atoms with Crippen molar-refractivity contribution in [3.8, 4) is 5.75 Å². The summed E-state index contributed by atoms with van der Waals surface area (Å²) in [4.78, 5) is 11.0. The summed E-state index contributed by atoms with van der Waals surface area (Å²) in [7, 11) is 0. The molecule has 1 aliphatic rings. The van der Waals surface area contributed by atoms with Gasteiger partial charge in [-0.1, -0.05) is 12.1 Å². The highest BCUT2D eigenvalue weighted by atomic mass is 35.5. The Kier molecular flexibility index (Phi) is 4.01. The number of rotatable bonds is 1. The van der Waals surface area contributed by atoms with Crippen LogP contribution in [0.1, 0.15) is 17.2 Å². The standard InChI is InChI=1S/C11H11F2NO3.ClH/c1-6-4-7(2-3-8(6)15)9-11(12,13)5-17-10(16)14-9;/h2-4,9,15H,5H2,1H3,(H,14,16);1H/t9-;/m1./s1. The number of aryl methyl sites for hydroxylation is 1. The van der Waals surface area contributed by atoms with E-state index in [1.54, 1.807) is 6.92 Å². The number of aromatic hydroxyl groups is 1. The van der Waals surface area contributed by atoms with E-state index < -0.39 is 24.7 Å². The monoisotopic (exact) mass is 279 g/mol. The van der Waals surface area contributed by atoms with Crippen molar-refractivity contribution in [2.75, 3.05) is 6.61 Å². The van der Waals surface area contributed by atoms with Crippen LogP contribution in [0.2, 0.25) is 0 Å². The maximum absolute atomic E-state index is 13.6. The van der Waals surface area contributed by atoms with Crippen LogP contribution in [0.4, 0.5) is 13.6 Å². The average molecular weight is 280 g/mol. The summed E-state index contributed by atoms with van der Waals surface area (Å²) in [5, 5.41) is 11.4. The summed E-state index contributed by atoms with van der Waals surface area (Å²) in [5.41, 5.74) is 0.709. The van der Waals surface area contributed by atoms with Crippen LogP contribution in [0.25, 0.3) is 0 Å². The van der Waals surface area contributed by atoms with Crippen molar-refractivity contribution in [3.05, 3.63) is 29.3 Å². The topological polar surface area (TPSA) is 58.6 Å². The van der Waals surface area contributed by atoms with Crippen molar-refractivity contribution in [1.29, 1.82) is 0 Å². The highest BCUT2D eigenvalue weighted by Gasteiger charge is 2.46. The molecule has 1 fully saturated rings. The lowest BCUT2D eigenvalue weighted by Crippen LogP contribution is -2.49. The van der Waals surface area contributed by atoms with E-state index in [-0.39, 0.29) is 23.7 Å². The molecule has 0 aromatic heterocycles. The van der Waals surface area contributed by atoms with E-state index in [1.807, 2.05) is 0 Å². The van der Waals surface area contributed by atoms with Gasteiger partial charge in [-0.3, -0.25) is 0 Å². The lowest BCUT2D eigenvalue weighted by molar-refractivity contribution is -0.104. The molecule has 1 heterocycles. The van der Waals surface area contributed by atoms with Crippen LogP contribution >= 0.6 is 12.4 Å². The summed E-state index contributed by atoms with van der Waals surface area (Å²) in [6, 6.07) is 2.66. The Morgan fingerprint density at radius 3 is 2.78 bits per heavy atom. The van der Waals surface area contributed by atoms with Crippen molar-refractivity contribution < 1.29 is 23.4 Å². The molecule has 1 amide bonds. The van der Waals surface area contributed by atoms with E-state index in [0.29, 0.717) is 5.56 Å². The number of phenolic OH excluding ortho intramolecular Hbond substituents is 1. The van der Waals surface area contributed by atoms with Gasteiger partial charge in [-0.05, 0) is 24.1 Å². The van der Waals surface area contributed by atoms with Crippen molar-refractivity contribution in [3.63, 3.8) is 0 Å². The molecular formula is C11H12ClF2NO3. The van der Waals surface area contributed by atoms with Gasteiger partial charge in [0.15, 0.2) is 6.61 Å². The highest BCUT2D eigenvalue weighted by molar-refractivity contribution is 5.85. The molecule has 1 aliphatic heterocycles. The van der Waals surface area contributed by atoms with Gasteiger partial charge < -0.3 is 15.2 Å². The molecule has 1 atom stereocenters. The van der Waals surface area contributed by atoms with Gasteiger partial charge in [0.25, 0.3) is 0 Å². The lowest BCUT2D eigenvalue weighted by atomic mass is 9.98. The first kappa shape index (κ1) is 14.5. The lowest BCUT2D eigenvalue weighted by Gasteiger charge is -2.32. The Morgan fingerprint density at radius 2 is 2.17 bits per heavy atom. The molecule has 18 heavy (non-hydrogen) atoms. The van der Waals surface area contributed by atoms with Crippen LogP contribution in [0, 0.1) is 6.92 Å². The van der Waals surface area contributed by atoms with Gasteiger partial charge >= 0.3 is 12.0 Å². The van der Waals surface area contributed by atoms with Gasteiger partial charge in [-0.15, -0.1) is 12.4 Å². The number of ether oxygens (including phenoxy) is 1. The maximum Gasteiger partial charge on any atom is 0.408 e. The number of nitrogens with one attached hydrogen (secondary N) is 1. The minimum Gasteiger partial charge on any atom is -0.508 e. The van der Waals surface area contributed by atoms with Crippen LogP contribution in [0.5, 0.6) is 5.75 Å². The molecule has 2 N–H and O–H groups in total. The van der Waals surface area contributed by atoms with E-state index in [4.69, 9.17) is 0 Å². The number of halogens is 3. The third-order valence-corrected chi connectivity index (χ3v) is 2.63. The first-order chi connectivity index (χ1) is 7.90. The Morgan fingerprint density at radius 1 is 1.50 bits per heavy atom. The molecule has 0 unspecified atom stereocenters. The highest BCUT2D eigenvalue weighted by Crippen LogP contribution is 2.35. The number of cyclic esters (lactones) is 1. The van der Waals surface area contributed by atoms with Gasteiger partial charge in [-0.25, -0.2) is 13.6 Å². The second kappa shape index (κ2) is 4.97. The molecule has 0 radical (unpaired) electrons. The quantitative estimate of drug-likeness (QED) is 0.830. The number of amides is 1. The van der Waals surface area contributed by atoms with Crippen molar-refractivity contribution in [1.82, 2.24) is 5.32 Å². The molecule has 0 bridgehead atoms. The third-order valence-electron chi connectivity index (χ3n) is 2.63. The van der Waals surface area contributed by atoms with Gasteiger partial charge in [0.1, 0.15) is 11.8 Å². The Hall–Kier alpha value is -1.56. The van der Waals surface area contributed by atoms with Gasteiger partial charge in [-0.2, -0.15) is 0 Å². The molecule has 7 heteroatoms. The summed E-state index contributed by atoms with van der Waals surface area (Å²) in [5.74, 6) is -3.15. The maximum atomic E-state index is 13.6. The number of alkyl carbamates (subject to hydrolysis) is 1. The fraction of sp³-hybridized carbons (Fsp3) is 0.364. The largest absolute Gasteiger partial charge is 0.508 e. The number of hydrogen-bond acceptors (Lipinski definition) is 3. The second-order valence-corrected chi connectivity index (χ2v) is 3.96. The zero-order chi connectivity index (χ0) is 12.6. The number of hydrogen-bond donors (Lipinski definition) is 2. The number of benzene rings is 1. The van der Waals surface area contributed by atoms with Crippen LogP contribution in [-0.4, -0.2) is 23.7 Å². The van der Waals surface area contributed by atoms with Crippen molar-refractivity contribution >= 4 is 18.5 Å². The third kappa shape index (κ3) is 2.64. The SMILES string of the molecule is Cc1cc([C@H]2NC(=O)OCC2(F)F)ccc1O.Cl. The molecule has 100 valence electrons. The molecule has 0 saturated carbocycles. The van der Waals surface area contributed by atoms with Crippen LogP contribution in [0.3, 0.4) is 0 Å². The molecule has 1 aromatic rings. The van der Waals surface area contributed by atoms with E-state index >= 15 is 0 Å². The zero-order valence-electron chi connectivity index (χ0n) is 9.44. The van der Waals surface area contributed by atoms with E-state index in [0.717, 1.165) is 0 Å². The number of phenols is 1. The van der Waals surface area contributed by atoms with Gasteiger partial charge in [0, 0.05) is 0 Å². The van der Waals surface area contributed by atoms with Gasteiger partial charge in [0.2, 0.25) is 0 Å². The second-order valence-electron chi connectivity index (χ2n) is 3.96. The Labute approximate surface area is 108 Å². The molecular weight excluding hydrogens is 268 g/mol. The predicted molar refractivity (Wildman–Crippen MR) is 62.3 cm³/mol. The van der Waals surface area contributed by atoms with Crippen LogP contribution in [0.15, 0.2) is 18.2 Å². The van der Waals surface area contributed by atoms with Gasteiger partial charge in [0.05, 0.1) is 0 Å². The fourth-order valence-electron chi connectivity index (χ4n) is 1.70. The summed E-state index contributed by atoms with van der Waals surface area (Å²) in [6.07, 6.45) is -0.869. The zero-order valence-corrected chi connectivity index (χ0v) is 10.3. The minimum absolute atomic E-state index is 0. The normalized spacial score (nSPS) is 21.5. The molecule has 0 spiro atoms. The fourth-order valence-corrected chi connectivity index (χ4v) is 1.70. The molecule has 0 aliphatic carbocycles. The van der Waals surface area contributed by atoms with E-state index in [1.165, 1.54) is 18.2 Å². The number of carbonyl (C=O) groups excluding carboxylic acids is 1. The number of alkyl halides is 2. The molecule has 1 saturated heterocycles. The summed E-state index contributed by atoms with van der Waals surface area (Å²) < 4.78 is 31.4. The first-order valence-corrected chi connectivity index (χ1v) is 5.01.